The van der Waals surface area contributed by atoms with Gasteiger partial charge in [-0.3, -0.25) is 0 Å². The molecule has 0 fully saturated rings. The monoisotopic (exact) mass is 447 g/mol. The number of aryl methyl sites for hydroxylation is 2. The highest BCUT2D eigenvalue weighted by Gasteiger charge is 2.35. The Hall–Kier alpha value is -1.96. The molecule has 3 atom stereocenters. The Morgan fingerprint density at radius 3 is 2.07 bits per heavy atom. The number of hydrogen-bond donors (Lipinski definition) is 0. The van der Waals surface area contributed by atoms with Crippen LogP contribution in [0.5, 0.6) is 0 Å². The summed E-state index contributed by atoms with van der Waals surface area (Å²) in [5.41, 5.74) is 1.94. The molecule has 7 heteroatoms. The Balaban J connectivity index is 2.19. The van der Waals surface area contributed by atoms with Crippen LogP contribution >= 0.6 is 0 Å². The van der Waals surface area contributed by atoms with Crippen LogP contribution in [0.4, 0.5) is 0 Å². The van der Waals surface area contributed by atoms with Gasteiger partial charge in [0.2, 0.25) is 0 Å². The van der Waals surface area contributed by atoms with E-state index in [1.807, 2.05) is 32.1 Å². The van der Waals surface area contributed by atoms with Gasteiger partial charge in [0.15, 0.2) is 0 Å². The van der Waals surface area contributed by atoms with Crippen LogP contribution in [-0.4, -0.2) is 30.6 Å². The maximum atomic E-state index is 14.4. The summed E-state index contributed by atoms with van der Waals surface area (Å²) in [6, 6.07) is 13.5. The third-order valence-corrected chi connectivity index (χ3v) is 9.88. The normalized spacial score (nSPS) is 21.2. The summed E-state index contributed by atoms with van der Waals surface area (Å²) in [4.78, 5) is 0.448. The van der Waals surface area contributed by atoms with Gasteiger partial charge in [0.05, 0.1) is 22.9 Å². The van der Waals surface area contributed by atoms with Crippen molar-refractivity contribution in [1.29, 1.82) is 0 Å². The standard InChI is InChI=1S/C23H29NO4S2/c1-4-5-7-22-23(8-6-17-28-22)29(25,20-13-9-18(2)10-14-20)24-30(26,27)21-15-11-19(3)12-16-21/h6,8-16,22-23H,4-5,7,17H2,1-3H3/t22-,23+,29?/m0/s1. The van der Waals surface area contributed by atoms with Gasteiger partial charge in [-0.2, -0.15) is 8.42 Å². The van der Waals surface area contributed by atoms with Gasteiger partial charge in [-0.15, -0.1) is 3.77 Å². The van der Waals surface area contributed by atoms with E-state index in [9.17, 15) is 12.6 Å². The molecule has 162 valence electrons. The second-order valence-electron chi connectivity index (χ2n) is 7.65. The first-order valence-corrected chi connectivity index (χ1v) is 13.2. The topological polar surface area (TPSA) is 72.8 Å². The number of rotatable bonds is 7. The van der Waals surface area contributed by atoms with Crippen LogP contribution in [0.1, 0.15) is 37.3 Å². The van der Waals surface area contributed by atoms with Crippen LogP contribution in [0.25, 0.3) is 0 Å². The van der Waals surface area contributed by atoms with Gasteiger partial charge in [0.1, 0.15) is 9.73 Å². The Morgan fingerprint density at radius 2 is 1.50 bits per heavy atom. The van der Waals surface area contributed by atoms with E-state index in [4.69, 9.17) is 4.74 Å². The van der Waals surface area contributed by atoms with Crippen LogP contribution in [0.15, 0.2) is 74.2 Å². The Kier molecular flexibility index (Phi) is 7.16. The molecule has 2 aromatic rings. The second kappa shape index (κ2) is 9.45. The maximum Gasteiger partial charge on any atom is 0.290 e. The van der Waals surface area contributed by atoms with Crippen molar-refractivity contribution in [2.45, 2.75) is 61.2 Å². The summed E-state index contributed by atoms with van der Waals surface area (Å²) in [5.74, 6) is 0. The molecule has 1 heterocycles. The maximum absolute atomic E-state index is 14.4. The molecule has 2 aromatic carbocycles. The summed E-state index contributed by atoms with van der Waals surface area (Å²) in [5, 5.41) is -0.638. The molecule has 1 unspecified atom stereocenters. The highest BCUT2D eigenvalue weighted by Crippen LogP contribution is 2.31. The van der Waals surface area contributed by atoms with Crippen molar-refractivity contribution in [3.05, 3.63) is 71.8 Å². The first-order chi connectivity index (χ1) is 14.3. The highest BCUT2D eigenvalue weighted by molar-refractivity contribution is 8.03. The molecule has 0 radical (unpaired) electrons. The molecule has 30 heavy (non-hydrogen) atoms. The van der Waals surface area contributed by atoms with E-state index in [1.54, 1.807) is 30.3 Å². The molecule has 0 bridgehead atoms. The predicted octanol–water partition coefficient (Wildman–Crippen LogP) is 5.03. The molecule has 0 saturated carbocycles. The number of ether oxygens (including phenoxy) is 1. The largest absolute Gasteiger partial charge is 0.373 e. The van der Waals surface area contributed by atoms with Crippen molar-refractivity contribution in [1.82, 2.24) is 0 Å². The number of unbranched alkanes of at least 4 members (excludes halogenated alkanes) is 1. The minimum absolute atomic E-state index is 0.0405. The highest BCUT2D eigenvalue weighted by atomic mass is 32.3. The molecule has 5 nitrogen and oxygen atoms in total. The smallest absolute Gasteiger partial charge is 0.290 e. The van der Waals surface area contributed by atoms with Crippen LogP contribution in [-0.2, 0) is 24.5 Å². The van der Waals surface area contributed by atoms with E-state index in [1.165, 1.54) is 12.1 Å². The Bertz CT molecular complexity index is 1110. The van der Waals surface area contributed by atoms with E-state index >= 15 is 0 Å². The van der Waals surface area contributed by atoms with Crippen LogP contribution in [0.2, 0.25) is 0 Å². The minimum Gasteiger partial charge on any atom is -0.373 e. The average Bonchev–Trinajstić information content (AvgIpc) is 2.73. The Labute approximate surface area is 180 Å². The van der Waals surface area contributed by atoms with E-state index in [-0.39, 0.29) is 11.0 Å². The van der Waals surface area contributed by atoms with Crippen LogP contribution in [0, 0.1) is 13.8 Å². The van der Waals surface area contributed by atoms with Gasteiger partial charge in [-0.05, 0) is 44.5 Å². The number of nitrogens with zero attached hydrogens (tertiary/aromatic N) is 1. The zero-order chi connectivity index (χ0) is 21.8. The minimum atomic E-state index is -4.13. The number of sulfonamides is 1. The molecule has 1 aliphatic heterocycles. The molecule has 1 aliphatic rings. The van der Waals surface area contributed by atoms with E-state index < -0.39 is 25.0 Å². The molecular weight excluding hydrogens is 418 g/mol. The predicted molar refractivity (Wildman–Crippen MR) is 121 cm³/mol. The first-order valence-electron chi connectivity index (χ1n) is 10.2. The number of benzene rings is 2. The van der Waals surface area contributed by atoms with Gasteiger partial charge in [-0.25, -0.2) is 4.21 Å². The van der Waals surface area contributed by atoms with Crippen molar-refractivity contribution in [3.8, 4) is 0 Å². The SMILES string of the molecule is CCCC[C@@H]1OCC=C[C@H]1S(=O)(=NS(=O)(=O)c1ccc(C)cc1)c1ccc(C)cc1. The lowest BCUT2D eigenvalue weighted by Crippen LogP contribution is -2.37. The van der Waals surface area contributed by atoms with Crippen LogP contribution in [0.3, 0.4) is 0 Å². The van der Waals surface area contributed by atoms with Gasteiger partial charge in [0.25, 0.3) is 10.0 Å². The summed E-state index contributed by atoms with van der Waals surface area (Å²) in [7, 11) is -7.48. The van der Waals surface area contributed by atoms with E-state index in [0.717, 1.165) is 24.0 Å². The van der Waals surface area contributed by atoms with Crippen molar-refractivity contribution >= 4 is 19.8 Å². The molecular formula is C23H29NO4S2. The van der Waals surface area contributed by atoms with Gasteiger partial charge in [-0.1, -0.05) is 67.3 Å². The summed E-state index contributed by atoms with van der Waals surface area (Å²) >= 11 is 0. The Morgan fingerprint density at radius 1 is 0.933 bits per heavy atom. The summed E-state index contributed by atoms with van der Waals surface area (Å²) in [6.07, 6.45) is 5.86. The van der Waals surface area contributed by atoms with Crippen molar-refractivity contribution < 1.29 is 17.4 Å². The van der Waals surface area contributed by atoms with Gasteiger partial charge >= 0.3 is 0 Å². The summed E-state index contributed by atoms with van der Waals surface area (Å²) in [6.45, 7) is 6.32. The molecule has 0 aromatic heterocycles. The molecule has 0 spiro atoms. The second-order valence-corrected chi connectivity index (χ2v) is 11.8. The van der Waals surface area contributed by atoms with Crippen molar-refractivity contribution in [3.63, 3.8) is 0 Å². The van der Waals surface area contributed by atoms with Gasteiger partial charge in [0, 0.05) is 4.90 Å². The molecule has 0 saturated heterocycles. The number of hydrogen-bond acceptors (Lipinski definition) is 4. The lowest BCUT2D eigenvalue weighted by Gasteiger charge is -2.30. The fraction of sp³-hybridized carbons (Fsp3) is 0.391. The molecule has 0 N–H and O–H groups in total. The zero-order valence-electron chi connectivity index (χ0n) is 17.7. The molecule has 0 amide bonds. The first kappa shape index (κ1) is 22.7. The van der Waals surface area contributed by atoms with Crippen molar-refractivity contribution in [2.75, 3.05) is 6.61 Å². The molecule has 3 rings (SSSR count). The molecule has 0 aliphatic carbocycles. The average molecular weight is 448 g/mol. The zero-order valence-corrected chi connectivity index (χ0v) is 19.3. The quantitative estimate of drug-likeness (QED) is 0.558. The summed E-state index contributed by atoms with van der Waals surface area (Å²) < 4.78 is 50.7. The lowest BCUT2D eigenvalue weighted by molar-refractivity contribution is 0.0629. The van der Waals surface area contributed by atoms with E-state index in [0.29, 0.717) is 17.9 Å². The van der Waals surface area contributed by atoms with Gasteiger partial charge < -0.3 is 4.74 Å². The van der Waals surface area contributed by atoms with E-state index in [2.05, 4.69) is 10.7 Å². The third kappa shape index (κ3) is 5.02. The van der Waals surface area contributed by atoms with Crippen LogP contribution < -0.4 is 0 Å². The van der Waals surface area contributed by atoms with Crippen molar-refractivity contribution in [2.24, 2.45) is 3.77 Å². The third-order valence-electron chi connectivity index (χ3n) is 5.20. The lowest BCUT2D eigenvalue weighted by atomic mass is 10.1. The fourth-order valence-electron chi connectivity index (χ4n) is 3.43. The fourth-order valence-corrected chi connectivity index (χ4v) is 7.96.